The summed E-state index contributed by atoms with van der Waals surface area (Å²) in [5.74, 6) is 0.920. The maximum Gasteiger partial charge on any atom is 0.119 e. The van der Waals surface area contributed by atoms with Crippen LogP contribution in [0.1, 0.15) is 12.0 Å². The number of nitrogens with one attached hydrogen (secondary N) is 1. The van der Waals surface area contributed by atoms with Crippen molar-refractivity contribution in [1.82, 2.24) is 0 Å². The zero-order valence-corrected chi connectivity index (χ0v) is 12.2. The van der Waals surface area contributed by atoms with Crippen LogP contribution in [0.5, 0.6) is 5.75 Å². The number of benzene rings is 2. The van der Waals surface area contributed by atoms with Gasteiger partial charge in [-0.15, -0.1) is 0 Å². The summed E-state index contributed by atoms with van der Waals surface area (Å²) < 4.78 is 6.91. The largest absolute Gasteiger partial charge is 0.491 e. The van der Waals surface area contributed by atoms with Gasteiger partial charge in [-0.05, 0) is 48.7 Å². The summed E-state index contributed by atoms with van der Waals surface area (Å²) in [5.41, 5.74) is 2.65. The minimum atomic E-state index is 0.388. The number of rotatable bonds is 3. The molecule has 1 unspecified atom stereocenters. The molecule has 1 N–H and O–H groups in total. The molecule has 1 heterocycles. The molecule has 0 saturated carbocycles. The van der Waals surface area contributed by atoms with Crippen LogP contribution in [0.25, 0.3) is 0 Å². The number of hydrogen-bond donors (Lipinski definition) is 1. The van der Waals surface area contributed by atoms with E-state index in [1.807, 2.05) is 24.3 Å². The number of anilines is 1. The molecule has 2 nitrogen and oxygen atoms in total. The Hall–Kier alpha value is -1.48. The first-order chi connectivity index (χ1) is 9.31. The second-order valence-electron chi connectivity index (χ2n) is 4.80. The van der Waals surface area contributed by atoms with E-state index in [9.17, 15) is 0 Å². The Morgan fingerprint density at radius 2 is 1.89 bits per heavy atom. The third-order valence-corrected chi connectivity index (χ3v) is 3.93. The molecule has 3 rings (SSSR count). The van der Waals surface area contributed by atoms with Gasteiger partial charge in [-0.25, -0.2) is 0 Å². The number of hydrogen-bond acceptors (Lipinski definition) is 2. The molecule has 0 aliphatic carbocycles. The molecule has 98 valence electrons. The van der Waals surface area contributed by atoms with Crippen LogP contribution in [0.2, 0.25) is 0 Å². The molecule has 0 radical (unpaired) electrons. The van der Waals surface area contributed by atoms with E-state index < -0.39 is 0 Å². The van der Waals surface area contributed by atoms with E-state index in [1.165, 1.54) is 11.3 Å². The van der Waals surface area contributed by atoms with Crippen molar-refractivity contribution in [3.05, 3.63) is 58.6 Å². The van der Waals surface area contributed by atoms with Crippen LogP contribution in [0.3, 0.4) is 0 Å². The highest BCUT2D eigenvalue weighted by Gasteiger charge is 2.17. The van der Waals surface area contributed by atoms with Gasteiger partial charge in [-0.1, -0.05) is 34.1 Å². The van der Waals surface area contributed by atoms with Crippen molar-refractivity contribution in [2.24, 2.45) is 0 Å². The lowest BCUT2D eigenvalue weighted by atomic mass is 9.99. The summed E-state index contributed by atoms with van der Waals surface area (Å²) in [5, 5.41) is 3.54. The number of para-hydroxylation sites is 1. The van der Waals surface area contributed by atoms with Crippen LogP contribution in [-0.4, -0.2) is 12.6 Å². The molecule has 1 aliphatic rings. The van der Waals surface area contributed by atoms with Gasteiger partial charge in [0.15, 0.2) is 0 Å². The van der Waals surface area contributed by atoms with Gasteiger partial charge in [0.25, 0.3) is 0 Å². The highest BCUT2D eigenvalue weighted by molar-refractivity contribution is 9.10. The number of halogens is 1. The van der Waals surface area contributed by atoms with Crippen LogP contribution in [0.4, 0.5) is 5.69 Å². The molecule has 2 aromatic rings. The second kappa shape index (κ2) is 5.66. The standard InChI is InChI=1S/C16H16BrNO/c17-13-6-9-15(10-7-13)19-11-14-8-5-12-3-1-2-4-16(12)18-14/h1-4,6-7,9-10,14,18H,5,8,11H2. The molecule has 3 heteroatoms. The molecule has 2 aromatic carbocycles. The molecular formula is C16H16BrNO. The Morgan fingerprint density at radius 1 is 1.11 bits per heavy atom. The van der Waals surface area contributed by atoms with E-state index >= 15 is 0 Å². The van der Waals surface area contributed by atoms with Crippen LogP contribution < -0.4 is 10.1 Å². The van der Waals surface area contributed by atoms with E-state index in [2.05, 4.69) is 45.5 Å². The molecule has 0 fully saturated rings. The Morgan fingerprint density at radius 3 is 2.74 bits per heavy atom. The Balaban J connectivity index is 1.59. The highest BCUT2D eigenvalue weighted by atomic mass is 79.9. The van der Waals surface area contributed by atoms with Gasteiger partial charge in [0.2, 0.25) is 0 Å². The Bertz CT molecular complexity index is 553. The van der Waals surface area contributed by atoms with E-state index in [0.29, 0.717) is 12.6 Å². The molecule has 0 bridgehead atoms. The molecule has 19 heavy (non-hydrogen) atoms. The molecule has 0 spiro atoms. The third-order valence-electron chi connectivity index (χ3n) is 3.40. The zero-order chi connectivity index (χ0) is 13.1. The van der Waals surface area contributed by atoms with Gasteiger partial charge in [0.05, 0.1) is 6.04 Å². The van der Waals surface area contributed by atoms with Crippen molar-refractivity contribution >= 4 is 21.6 Å². The zero-order valence-electron chi connectivity index (χ0n) is 10.6. The summed E-state index contributed by atoms with van der Waals surface area (Å²) in [6.07, 6.45) is 2.24. The summed E-state index contributed by atoms with van der Waals surface area (Å²) >= 11 is 3.42. The summed E-state index contributed by atoms with van der Waals surface area (Å²) in [7, 11) is 0. The lowest BCUT2D eigenvalue weighted by Crippen LogP contribution is -2.31. The third kappa shape index (κ3) is 3.10. The van der Waals surface area contributed by atoms with Crippen molar-refractivity contribution in [3.8, 4) is 5.75 Å². The van der Waals surface area contributed by atoms with Crippen molar-refractivity contribution in [2.75, 3.05) is 11.9 Å². The second-order valence-corrected chi connectivity index (χ2v) is 5.72. The minimum absolute atomic E-state index is 0.388. The quantitative estimate of drug-likeness (QED) is 0.913. The number of fused-ring (bicyclic) bond motifs is 1. The van der Waals surface area contributed by atoms with E-state index in [4.69, 9.17) is 4.74 Å². The van der Waals surface area contributed by atoms with Crippen molar-refractivity contribution in [2.45, 2.75) is 18.9 Å². The van der Waals surface area contributed by atoms with E-state index in [1.54, 1.807) is 0 Å². The maximum atomic E-state index is 5.83. The van der Waals surface area contributed by atoms with Gasteiger partial charge in [-0.2, -0.15) is 0 Å². The predicted molar refractivity (Wildman–Crippen MR) is 81.8 cm³/mol. The fourth-order valence-electron chi connectivity index (χ4n) is 2.35. The first-order valence-electron chi connectivity index (χ1n) is 6.54. The normalized spacial score (nSPS) is 17.4. The lowest BCUT2D eigenvalue weighted by Gasteiger charge is -2.27. The fourth-order valence-corrected chi connectivity index (χ4v) is 2.62. The molecule has 0 amide bonds. The van der Waals surface area contributed by atoms with Crippen LogP contribution >= 0.6 is 15.9 Å². The Labute approximate surface area is 121 Å². The maximum absolute atomic E-state index is 5.83. The minimum Gasteiger partial charge on any atom is -0.491 e. The van der Waals surface area contributed by atoms with Gasteiger partial charge in [-0.3, -0.25) is 0 Å². The monoisotopic (exact) mass is 317 g/mol. The van der Waals surface area contributed by atoms with E-state index in [0.717, 1.165) is 23.1 Å². The first kappa shape index (κ1) is 12.5. The molecule has 0 aromatic heterocycles. The molecule has 1 atom stereocenters. The molecular weight excluding hydrogens is 302 g/mol. The predicted octanol–water partition coefficient (Wildman–Crippen LogP) is 4.25. The van der Waals surface area contributed by atoms with E-state index in [-0.39, 0.29) is 0 Å². The average Bonchev–Trinajstić information content (AvgIpc) is 2.46. The lowest BCUT2D eigenvalue weighted by molar-refractivity contribution is 0.289. The number of aryl methyl sites for hydroxylation is 1. The van der Waals surface area contributed by atoms with Gasteiger partial charge >= 0.3 is 0 Å². The number of ether oxygens (including phenoxy) is 1. The van der Waals surface area contributed by atoms with Gasteiger partial charge in [0, 0.05) is 10.2 Å². The molecule has 1 aliphatic heterocycles. The Kier molecular flexibility index (Phi) is 3.74. The SMILES string of the molecule is Brc1ccc(OCC2CCc3ccccc3N2)cc1. The van der Waals surface area contributed by atoms with Crippen molar-refractivity contribution in [1.29, 1.82) is 0 Å². The van der Waals surface area contributed by atoms with Crippen molar-refractivity contribution in [3.63, 3.8) is 0 Å². The van der Waals surface area contributed by atoms with Crippen LogP contribution in [0, 0.1) is 0 Å². The molecule has 0 saturated heterocycles. The van der Waals surface area contributed by atoms with Crippen molar-refractivity contribution < 1.29 is 4.74 Å². The summed E-state index contributed by atoms with van der Waals surface area (Å²) in [4.78, 5) is 0. The topological polar surface area (TPSA) is 21.3 Å². The summed E-state index contributed by atoms with van der Waals surface area (Å²) in [6, 6.07) is 16.9. The van der Waals surface area contributed by atoms with Gasteiger partial charge in [0.1, 0.15) is 12.4 Å². The highest BCUT2D eigenvalue weighted by Crippen LogP contribution is 2.25. The fraction of sp³-hybridized carbons (Fsp3) is 0.250. The average molecular weight is 318 g/mol. The van der Waals surface area contributed by atoms with Crippen LogP contribution in [-0.2, 0) is 6.42 Å². The smallest absolute Gasteiger partial charge is 0.119 e. The van der Waals surface area contributed by atoms with Crippen LogP contribution in [0.15, 0.2) is 53.0 Å². The van der Waals surface area contributed by atoms with Gasteiger partial charge < -0.3 is 10.1 Å². The summed E-state index contributed by atoms with van der Waals surface area (Å²) in [6.45, 7) is 0.704. The first-order valence-corrected chi connectivity index (χ1v) is 7.33.